The van der Waals surface area contributed by atoms with Gasteiger partial charge < -0.3 is 5.32 Å². The molecule has 0 atom stereocenters. The Hall–Kier alpha value is -1.84. The topological polar surface area (TPSA) is 32.3 Å². The molecule has 0 saturated heterocycles. The minimum Gasteiger partial charge on any atom is -0.355 e. The van der Waals surface area contributed by atoms with Crippen LogP contribution in [-0.4, -0.2) is 30.9 Å². The highest BCUT2D eigenvalue weighted by atomic mass is 35.5. The number of carbonyl (C=O) groups excluding carboxylic acids is 1. The quantitative estimate of drug-likeness (QED) is 0.843. The molecule has 0 spiro atoms. The molecule has 0 heterocycles. The first-order valence-corrected chi connectivity index (χ1v) is 8.16. The molecule has 0 saturated carbocycles. The molecule has 0 bridgehead atoms. The van der Waals surface area contributed by atoms with Crippen molar-refractivity contribution >= 4 is 17.5 Å². The van der Waals surface area contributed by atoms with E-state index >= 15 is 0 Å². The molecule has 0 fully saturated rings. The zero-order valence-electron chi connectivity index (χ0n) is 13.7. The van der Waals surface area contributed by atoms with Gasteiger partial charge in [-0.2, -0.15) is 0 Å². The molecule has 2 aromatic rings. The molecule has 0 aliphatic heterocycles. The Morgan fingerprint density at radius 1 is 1.13 bits per heavy atom. The van der Waals surface area contributed by atoms with E-state index in [2.05, 4.69) is 36.5 Å². The van der Waals surface area contributed by atoms with Gasteiger partial charge in [-0.25, -0.2) is 0 Å². The van der Waals surface area contributed by atoms with Crippen molar-refractivity contribution in [1.82, 2.24) is 10.2 Å². The molecular formula is C19H23ClN2O. The average molecular weight is 331 g/mol. The molecule has 122 valence electrons. The summed E-state index contributed by atoms with van der Waals surface area (Å²) in [6.45, 7) is 3.85. The molecule has 2 rings (SSSR count). The van der Waals surface area contributed by atoms with Gasteiger partial charge >= 0.3 is 0 Å². The number of aryl methyl sites for hydroxylation is 1. The van der Waals surface area contributed by atoms with E-state index in [0.29, 0.717) is 13.1 Å². The monoisotopic (exact) mass is 330 g/mol. The summed E-state index contributed by atoms with van der Waals surface area (Å²) in [4.78, 5) is 14.0. The highest BCUT2D eigenvalue weighted by molar-refractivity contribution is 6.30. The highest BCUT2D eigenvalue weighted by Crippen LogP contribution is 2.10. The first-order valence-electron chi connectivity index (χ1n) is 7.78. The van der Waals surface area contributed by atoms with Crippen LogP contribution in [0.25, 0.3) is 0 Å². The summed E-state index contributed by atoms with van der Waals surface area (Å²) >= 11 is 5.95. The van der Waals surface area contributed by atoms with E-state index < -0.39 is 0 Å². The maximum absolute atomic E-state index is 12.0. The summed E-state index contributed by atoms with van der Waals surface area (Å²) in [5.74, 6) is 0.0432. The summed E-state index contributed by atoms with van der Waals surface area (Å²) in [6.07, 6.45) is 0.786. The minimum absolute atomic E-state index is 0.0432. The first kappa shape index (κ1) is 17.5. The normalized spacial score (nSPS) is 10.8. The fourth-order valence-corrected chi connectivity index (χ4v) is 2.61. The van der Waals surface area contributed by atoms with E-state index in [-0.39, 0.29) is 5.91 Å². The van der Waals surface area contributed by atoms with Crippen molar-refractivity contribution in [2.24, 2.45) is 0 Å². The number of halogens is 1. The summed E-state index contributed by atoms with van der Waals surface area (Å²) in [6, 6.07) is 16.1. The van der Waals surface area contributed by atoms with Crippen LogP contribution in [0.4, 0.5) is 0 Å². The maximum Gasteiger partial charge on any atom is 0.234 e. The summed E-state index contributed by atoms with van der Waals surface area (Å²) in [5.41, 5.74) is 3.59. The standard InChI is InChI=1S/C19H23ClN2O/c1-15-6-8-17(9-7-15)13-22(2)14-19(23)21-11-10-16-4-3-5-18(20)12-16/h3-9,12H,10-11,13-14H2,1-2H3,(H,21,23). The molecule has 0 aliphatic rings. The molecule has 2 aromatic carbocycles. The molecule has 4 heteroatoms. The Kier molecular flexibility index (Phi) is 6.63. The molecular weight excluding hydrogens is 308 g/mol. The Labute approximate surface area is 143 Å². The number of carbonyl (C=O) groups is 1. The van der Waals surface area contributed by atoms with Gasteiger partial charge in [0.2, 0.25) is 5.91 Å². The van der Waals surface area contributed by atoms with Crippen molar-refractivity contribution in [3.05, 3.63) is 70.2 Å². The fourth-order valence-electron chi connectivity index (χ4n) is 2.40. The van der Waals surface area contributed by atoms with Crippen molar-refractivity contribution < 1.29 is 4.79 Å². The van der Waals surface area contributed by atoms with Gasteiger partial charge in [-0.1, -0.05) is 53.6 Å². The van der Waals surface area contributed by atoms with Crippen LogP contribution in [0.15, 0.2) is 48.5 Å². The van der Waals surface area contributed by atoms with Gasteiger partial charge in [-0.3, -0.25) is 9.69 Å². The Balaban J connectivity index is 1.70. The lowest BCUT2D eigenvalue weighted by atomic mass is 10.1. The second-order valence-corrected chi connectivity index (χ2v) is 6.32. The lowest BCUT2D eigenvalue weighted by Crippen LogP contribution is -2.35. The minimum atomic E-state index is 0.0432. The van der Waals surface area contributed by atoms with Crippen LogP contribution in [0.5, 0.6) is 0 Å². The molecule has 0 aliphatic carbocycles. The van der Waals surface area contributed by atoms with Crippen LogP contribution < -0.4 is 5.32 Å². The van der Waals surface area contributed by atoms with E-state index in [9.17, 15) is 4.79 Å². The SMILES string of the molecule is Cc1ccc(CN(C)CC(=O)NCCc2cccc(Cl)c2)cc1. The third-order valence-electron chi connectivity index (χ3n) is 3.61. The van der Waals surface area contributed by atoms with Crippen LogP contribution in [-0.2, 0) is 17.8 Å². The van der Waals surface area contributed by atoms with Crippen molar-refractivity contribution in [3.8, 4) is 0 Å². The Morgan fingerprint density at radius 3 is 2.57 bits per heavy atom. The number of likely N-dealkylation sites (N-methyl/N-ethyl adjacent to an activating group) is 1. The third kappa shape index (κ3) is 6.43. The summed E-state index contributed by atoms with van der Waals surface area (Å²) in [7, 11) is 1.95. The first-order chi connectivity index (χ1) is 11.0. The number of nitrogens with one attached hydrogen (secondary N) is 1. The lowest BCUT2D eigenvalue weighted by Gasteiger charge is -2.16. The number of nitrogens with zero attached hydrogens (tertiary/aromatic N) is 1. The lowest BCUT2D eigenvalue weighted by molar-refractivity contribution is -0.122. The second kappa shape index (κ2) is 8.70. The molecule has 1 amide bonds. The zero-order chi connectivity index (χ0) is 16.7. The summed E-state index contributed by atoms with van der Waals surface area (Å²) < 4.78 is 0. The van der Waals surface area contributed by atoms with Crippen molar-refractivity contribution in [1.29, 1.82) is 0 Å². The molecule has 0 aromatic heterocycles. The predicted molar refractivity (Wildman–Crippen MR) is 95.7 cm³/mol. The van der Waals surface area contributed by atoms with Gasteiger partial charge in [0.25, 0.3) is 0 Å². The van der Waals surface area contributed by atoms with E-state index in [1.54, 1.807) is 0 Å². The highest BCUT2D eigenvalue weighted by Gasteiger charge is 2.07. The van der Waals surface area contributed by atoms with Gasteiger partial charge in [0.15, 0.2) is 0 Å². The second-order valence-electron chi connectivity index (χ2n) is 5.89. The Bertz CT molecular complexity index is 640. The molecule has 3 nitrogen and oxygen atoms in total. The van der Waals surface area contributed by atoms with Gasteiger partial charge in [0, 0.05) is 18.1 Å². The van der Waals surface area contributed by atoms with E-state index in [4.69, 9.17) is 11.6 Å². The number of rotatable bonds is 7. The van der Waals surface area contributed by atoms with Crippen molar-refractivity contribution in [3.63, 3.8) is 0 Å². The maximum atomic E-state index is 12.0. The third-order valence-corrected chi connectivity index (χ3v) is 3.85. The van der Waals surface area contributed by atoms with E-state index in [1.165, 1.54) is 11.1 Å². The van der Waals surface area contributed by atoms with Crippen LogP contribution >= 0.6 is 11.6 Å². The van der Waals surface area contributed by atoms with E-state index in [0.717, 1.165) is 23.6 Å². The van der Waals surface area contributed by atoms with Crippen LogP contribution in [0.2, 0.25) is 5.02 Å². The smallest absolute Gasteiger partial charge is 0.234 e. The average Bonchev–Trinajstić information content (AvgIpc) is 2.49. The van der Waals surface area contributed by atoms with E-state index in [1.807, 2.05) is 36.2 Å². The van der Waals surface area contributed by atoms with Gasteiger partial charge in [0.1, 0.15) is 0 Å². The number of hydrogen-bond acceptors (Lipinski definition) is 2. The van der Waals surface area contributed by atoms with Crippen LogP contribution in [0.3, 0.4) is 0 Å². The van der Waals surface area contributed by atoms with Gasteiger partial charge in [-0.15, -0.1) is 0 Å². The van der Waals surface area contributed by atoms with Crippen molar-refractivity contribution in [2.45, 2.75) is 19.9 Å². The predicted octanol–water partition coefficient (Wildman–Crippen LogP) is 3.44. The molecule has 0 radical (unpaired) electrons. The molecule has 0 unspecified atom stereocenters. The number of hydrogen-bond donors (Lipinski definition) is 1. The van der Waals surface area contributed by atoms with Crippen molar-refractivity contribution in [2.75, 3.05) is 20.1 Å². The van der Waals surface area contributed by atoms with Crippen LogP contribution in [0, 0.1) is 6.92 Å². The zero-order valence-corrected chi connectivity index (χ0v) is 14.4. The largest absolute Gasteiger partial charge is 0.355 e. The number of amides is 1. The molecule has 23 heavy (non-hydrogen) atoms. The fraction of sp³-hybridized carbons (Fsp3) is 0.316. The van der Waals surface area contributed by atoms with Gasteiger partial charge in [0.05, 0.1) is 6.54 Å². The van der Waals surface area contributed by atoms with Crippen LogP contribution in [0.1, 0.15) is 16.7 Å². The number of benzene rings is 2. The molecule has 1 N–H and O–H groups in total. The Morgan fingerprint density at radius 2 is 1.87 bits per heavy atom. The van der Waals surface area contributed by atoms with Gasteiger partial charge in [-0.05, 0) is 43.7 Å². The summed E-state index contributed by atoms with van der Waals surface area (Å²) in [5, 5.41) is 3.68.